The molecule has 0 spiro atoms. The molecule has 0 aromatic heterocycles. The Morgan fingerprint density at radius 2 is 1.72 bits per heavy atom. The summed E-state index contributed by atoms with van der Waals surface area (Å²) in [4.78, 5) is 27.5. The highest BCUT2D eigenvalue weighted by Crippen LogP contribution is 2.33. The van der Waals surface area contributed by atoms with Crippen molar-refractivity contribution in [2.24, 2.45) is 0 Å². The lowest BCUT2D eigenvalue weighted by molar-refractivity contribution is -0.123. The summed E-state index contributed by atoms with van der Waals surface area (Å²) < 4.78 is 16.4. The van der Waals surface area contributed by atoms with E-state index < -0.39 is 12.1 Å². The standard InChI is InChI=1S/C27H34N2O6.CH4/c1-33-21-10-7-19(8-11-21)23(30)5-4-6-26(31)28-22(18-29-13-2-3-14-29)27(32)20-9-12-24-25(17-20)35-16-15-34-24;/h7-12,17,22,27,32H,2-6,13-16,18H2,1H3,(H,28,31);1H4/t22-,27-;/m1./s1. The van der Waals surface area contributed by atoms with Crippen LogP contribution in [0.25, 0.3) is 0 Å². The third-order valence-corrected chi connectivity index (χ3v) is 6.51. The Labute approximate surface area is 213 Å². The number of aliphatic hydroxyl groups excluding tert-OH is 1. The van der Waals surface area contributed by atoms with Crippen LogP contribution in [0.1, 0.15) is 61.6 Å². The minimum absolute atomic E-state index is 0. The van der Waals surface area contributed by atoms with Crippen molar-refractivity contribution in [3.05, 3.63) is 53.6 Å². The van der Waals surface area contributed by atoms with Gasteiger partial charge in [0.2, 0.25) is 5.91 Å². The van der Waals surface area contributed by atoms with E-state index in [4.69, 9.17) is 14.2 Å². The zero-order valence-electron chi connectivity index (χ0n) is 20.2. The number of nitrogens with zero attached hydrogens (tertiary/aromatic N) is 1. The predicted octanol–water partition coefficient (Wildman–Crippen LogP) is 3.77. The summed E-state index contributed by atoms with van der Waals surface area (Å²) in [7, 11) is 1.58. The van der Waals surface area contributed by atoms with Crippen LogP contribution in [0.3, 0.4) is 0 Å². The van der Waals surface area contributed by atoms with E-state index in [0.29, 0.717) is 54.6 Å². The fourth-order valence-corrected chi connectivity index (χ4v) is 4.55. The van der Waals surface area contributed by atoms with Crippen molar-refractivity contribution >= 4 is 11.7 Å². The Hall–Kier alpha value is -3.10. The van der Waals surface area contributed by atoms with Gasteiger partial charge in [-0.05, 0) is 74.3 Å². The van der Waals surface area contributed by atoms with Crippen molar-refractivity contribution in [3.8, 4) is 17.2 Å². The number of fused-ring (bicyclic) bond motifs is 1. The summed E-state index contributed by atoms with van der Waals surface area (Å²) in [6.45, 7) is 3.44. The minimum Gasteiger partial charge on any atom is -0.497 e. The first kappa shape index (κ1) is 27.5. The summed E-state index contributed by atoms with van der Waals surface area (Å²) in [5.41, 5.74) is 1.28. The molecule has 1 saturated heterocycles. The van der Waals surface area contributed by atoms with Gasteiger partial charge >= 0.3 is 0 Å². The zero-order valence-corrected chi connectivity index (χ0v) is 20.2. The van der Waals surface area contributed by atoms with E-state index in [0.717, 1.165) is 25.9 Å². The summed E-state index contributed by atoms with van der Waals surface area (Å²) in [5, 5.41) is 14.2. The molecule has 2 atom stereocenters. The van der Waals surface area contributed by atoms with E-state index in [-0.39, 0.29) is 32.0 Å². The van der Waals surface area contributed by atoms with Crippen molar-refractivity contribution in [2.75, 3.05) is 40.0 Å². The Bertz CT molecular complexity index is 1000. The molecule has 2 N–H and O–H groups in total. The van der Waals surface area contributed by atoms with Gasteiger partial charge in [-0.15, -0.1) is 0 Å². The molecule has 196 valence electrons. The maximum absolute atomic E-state index is 12.8. The molecule has 8 heteroatoms. The molecule has 2 aromatic carbocycles. The number of methoxy groups -OCH3 is 1. The number of amides is 1. The SMILES string of the molecule is C.COc1ccc(C(=O)CCCC(=O)N[C@H](CN2CCCC2)[C@H](O)c2ccc3c(c2)OCCO3)cc1. The molecule has 2 heterocycles. The van der Waals surface area contributed by atoms with Crippen molar-refractivity contribution in [1.82, 2.24) is 10.2 Å². The van der Waals surface area contributed by atoms with E-state index in [1.165, 1.54) is 0 Å². The lowest BCUT2D eigenvalue weighted by atomic mass is 10.00. The summed E-state index contributed by atoms with van der Waals surface area (Å²) in [6, 6.07) is 11.9. The third-order valence-electron chi connectivity index (χ3n) is 6.51. The van der Waals surface area contributed by atoms with Gasteiger partial charge in [0.25, 0.3) is 0 Å². The number of Topliss-reactive ketones (excluding diaryl/α,β-unsaturated/α-hetero) is 1. The van der Waals surface area contributed by atoms with Crippen molar-refractivity contribution in [1.29, 1.82) is 0 Å². The Morgan fingerprint density at radius 1 is 1.03 bits per heavy atom. The molecular weight excluding hydrogens is 460 g/mol. The molecule has 1 fully saturated rings. The summed E-state index contributed by atoms with van der Waals surface area (Å²) in [6.07, 6.45) is 2.28. The van der Waals surface area contributed by atoms with Gasteiger partial charge in [0.15, 0.2) is 17.3 Å². The van der Waals surface area contributed by atoms with Crippen molar-refractivity contribution in [2.45, 2.75) is 51.7 Å². The first-order valence-corrected chi connectivity index (χ1v) is 12.3. The number of rotatable bonds is 11. The molecule has 0 unspecified atom stereocenters. The van der Waals surface area contributed by atoms with Crippen LogP contribution in [0, 0.1) is 0 Å². The van der Waals surface area contributed by atoms with Gasteiger partial charge in [0.05, 0.1) is 13.2 Å². The molecule has 0 aliphatic carbocycles. The van der Waals surface area contributed by atoms with E-state index in [2.05, 4.69) is 10.2 Å². The molecule has 36 heavy (non-hydrogen) atoms. The van der Waals surface area contributed by atoms with Gasteiger partial charge < -0.3 is 29.5 Å². The monoisotopic (exact) mass is 498 g/mol. The van der Waals surface area contributed by atoms with Gasteiger partial charge in [-0.3, -0.25) is 9.59 Å². The van der Waals surface area contributed by atoms with Gasteiger partial charge in [-0.1, -0.05) is 13.5 Å². The number of carbonyl (C=O) groups excluding carboxylic acids is 2. The number of hydrogen-bond acceptors (Lipinski definition) is 7. The number of aliphatic hydroxyl groups is 1. The average Bonchev–Trinajstić information content (AvgIpc) is 3.40. The van der Waals surface area contributed by atoms with E-state index in [1.54, 1.807) is 43.5 Å². The molecule has 1 amide bonds. The summed E-state index contributed by atoms with van der Waals surface area (Å²) >= 11 is 0. The number of benzene rings is 2. The smallest absolute Gasteiger partial charge is 0.220 e. The van der Waals surface area contributed by atoms with Crippen molar-refractivity contribution < 1.29 is 28.9 Å². The van der Waals surface area contributed by atoms with E-state index in [9.17, 15) is 14.7 Å². The lowest BCUT2D eigenvalue weighted by Gasteiger charge is -2.29. The number of carbonyl (C=O) groups is 2. The van der Waals surface area contributed by atoms with Crippen LogP contribution in [0.4, 0.5) is 0 Å². The summed E-state index contributed by atoms with van der Waals surface area (Å²) in [5.74, 6) is 1.78. The lowest BCUT2D eigenvalue weighted by Crippen LogP contribution is -2.46. The highest BCUT2D eigenvalue weighted by Gasteiger charge is 2.27. The van der Waals surface area contributed by atoms with E-state index in [1.807, 2.05) is 6.07 Å². The second-order valence-electron chi connectivity index (χ2n) is 9.03. The Balaban J connectivity index is 0.00000361. The maximum atomic E-state index is 12.8. The van der Waals surface area contributed by atoms with Gasteiger partial charge in [-0.2, -0.15) is 0 Å². The molecule has 8 nitrogen and oxygen atoms in total. The van der Waals surface area contributed by atoms with E-state index >= 15 is 0 Å². The van der Waals surface area contributed by atoms with Gasteiger partial charge in [0.1, 0.15) is 25.1 Å². The number of likely N-dealkylation sites (tertiary alicyclic amines) is 1. The van der Waals surface area contributed by atoms with Gasteiger partial charge in [-0.25, -0.2) is 0 Å². The first-order valence-electron chi connectivity index (χ1n) is 12.3. The molecule has 0 radical (unpaired) electrons. The Morgan fingerprint density at radius 3 is 2.42 bits per heavy atom. The topological polar surface area (TPSA) is 97.3 Å². The molecule has 2 aliphatic heterocycles. The molecule has 4 rings (SSSR count). The largest absolute Gasteiger partial charge is 0.497 e. The molecule has 0 saturated carbocycles. The first-order chi connectivity index (χ1) is 17.0. The fraction of sp³-hybridized carbons (Fsp3) is 0.500. The molecule has 2 aromatic rings. The number of ketones is 1. The predicted molar refractivity (Wildman–Crippen MR) is 138 cm³/mol. The average molecular weight is 499 g/mol. The van der Waals surface area contributed by atoms with Crippen LogP contribution < -0.4 is 19.5 Å². The number of nitrogens with one attached hydrogen (secondary N) is 1. The highest BCUT2D eigenvalue weighted by molar-refractivity contribution is 5.96. The quantitative estimate of drug-likeness (QED) is 0.455. The maximum Gasteiger partial charge on any atom is 0.220 e. The second-order valence-corrected chi connectivity index (χ2v) is 9.03. The highest BCUT2D eigenvalue weighted by atomic mass is 16.6. The van der Waals surface area contributed by atoms with Crippen LogP contribution in [-0.2, 0) is 4.79 Å². The molecule has 2 aliphatic rings. The molecular formula is C28H38N2O6. The fourth-order valence-electron chi connectivity index (χ4n) is 4.55. The van der Waals surface area contributed by atoms with Crippen LogP contribution in [0.5, 0.6) is 17.2 Å². The van der Waals surface area contributed by atoms with Crippen LogP contribution in [0.15, 0.2) is 42.5 Å². The van der Waals surface area contributed by atoms with Crippen LogP contribution >= 0.6 is 0 Å². The number of hydrogen-bond donors (Lipinski definition) is 2. The normalized spacial score (nSPS) is 16.5. The molecule has 0 bridgehead atoms. The second kappa shape index (κ2) is 13.3. The Kier molecular flexibility index (Phi) is 10.1. The van der Waals surface area contributed by atoms with Gasteiger partial charge in [0, 0.05) is 24.9 Å². The number of ether oxygens (including phenoxy) is 3. The zero-order chi connectivity index (χ0) is 24.6. The van der Waals surface area contributed by atoms with Crippen LogP contribution in [-0.4, -0.2) is 67.7 Å². The third kappa shape index (κ3) is 7.21. The minimum atomic E-state index is -0.892. The van der Waals surface area contributed by atoms with Crippen molar-refractivity contribution in [3.63, 3.8) is 0 Å². The van der Waals surface area contributed by atoms with Crippen LogP contribution in [0.2, 0.25) is 0 Å².